The van der Waals surface area contributed by atoms with Gasteiger partial charge in [-0.1, -0.05) is 22.0 Å². The molecule has 2 rings (SSSR count). The van der Waals surface area contributed by atoms with Crippen molar-refractivity contribution in [3.05, 3.63) is 53.0 Å². The molecule has 0 saturated heterocycles. The molecule has 1 N–H and O–H groups in total. The molecule has 0 aromatic heterocycles. The first-order valence-electron chi connectivity index (χ1n) is 7.46. The zero-order valence-electron chi connectivity index (χ0n) is 14.1. The SMILES string of the molecule is CC(Sc1ccc(Br)cc1)C(=O)Nc1cccc(S(=O)(=O)N(C)C)c1. The van der Waals surface area contributed by atoms with Crippen LogP contribution in [0.25, 0.3) is 0 Å². The number of nitrogens with one attached hydrogen (secondary N) is 1. The number of hydrogen-bond acceptors (Lipinski definition) is 4. The van der Waals surface area contributed by atoms with Gasteiger partial charge in [0.15, 0.2) is 0 Å². The molecule has 0 bridgehead atoms. The van der Waals surface area contributed by atoms with E-state index in [-0.39, 0.29) is 16.1 Å². The minimum atomic E-state index is -3.54. The van der Waals surface area contributed by atoms with Crippen LogP contribution in [-0.2, 0) is 14.8 Å². The molecule has 2 aromatic rings. The number of benzene rings is 2. The first-order chi connectivity index (χ1) is 11.7. The van der Waals surface area contributed by atoms with E-state index in [0.717, 1.165) is 13.7 Å². The summed E-state index contributed by atoms with van der Waals surface area (Å²) in [6, 6.07) is 14.0. The van der Waals surface area contributed by atoms with Crippen molar-refractivity contribution in [2.75, 3.05) is 19.4 Å². The van der Waals surface area contributed by atoms with Gasteiger partial charge in [0.05, 0.1) is 10.1 Å². The van der Waals surface area contributed by atoms with Crippen LogP contribution in [0.15, 0.2) is 62.8 Å². The molecule has 0 aliphatic carbocycles. The molecule has 8 heteroatoms. The lowest BCUT2D eigenvalue weighted by Crippen LogP contribution is -2.24. The Morgan fingerprint density at radius 2 is 1.80 bits per heavy atom. The number of anilines is 1. The van der Waals surface area contributed by atoms with Crippen LogP contribution in [0.5, 0.6) is 0 Å². The number of carbonyl (C=O) groups is 1. The average Bonchev–Trinajstić information content (AvgIpc) is 2.57. The van der Waals surface area contributed by atoms with Crippen molar-refractivity contribution < 1.29 is 13.2 Å². The standard InChI is InChI=1S/C17H19BrN2O3S2/c1-12(24-15-9-7-13(18)8-10-15)17(21)19-14-5-4-6-16(11-14)25(22,23)20(2)3/h4-12H,1-3H3,(H,19,21). The van der Waals surface area contributed by atoms with Gasteiger partial charge in [0.1, 0.15) is 0 Å². The molecule has 0 saturated carbocycles. The molecule has 0 aliphatic heterocycles. The first-order valence-corrected chi connectivity index (χ1v) is 10.6. The van der Waals surface area contributed by atoms with Crippen LogP contribution in [-0.4, -0.2) is 38.0 Å². The highest BCUT2D eigenvalue weighted by Gasteiger charge is 2.19. The predicted molar refractivity (Wildman–Crippen MR) is 105 cm³/mol. The van der Waals surface area contributed by atoms with E-state index in [4.69, 9.17) is 0 Å². The second-order valence-corrected chi connectivity index (χ2v) is 10.0. The number of carbonyl (C=O) groups excluding carboxylic acids is 1. The number of hydrogen-bond donors (Lipinski definition) is 1. The van der Waals surface area contributed by atoms with E-state index in [9.17, 15) is 13.2 Å². The zero-order valence-corrected chi connectivity index (χ0v) is 17.3. The van der Waals surface area contributed by atoms with Crippen LogP contribution < -0.4 is 5.32 Å². The average molecular weight is 443 g/mol. The lowest BCUT2D eigenvalue weighted by molar-refractivity contribution is -0.115. The van der Waals surface area contributed by atoms with Gasteiger partial charge in [0, 0.05) is 29.2 Å². The number of halogens is 1. The van der Waals surface area contributed by atoms with Crippen LogP contribution >= 0.6 is 27.7 Å². The highest BCUT2D eigenvalue weighted by Crippen LogP contribution is 2.26. The summed E-state index contributed by atoms with van der Waals surface area (Å²) < 4.78 is 26.5. The Kier molecular flexibility index (Phi) is 6.67. The summed E-state index contributed by atoms with van der Waals surface area (Å²) in [5.41, 5.74) is 0.455. The molecule has 0 spiro atoms. The van der Waals surface area contributed by atoms with Crippen molar-refractivity contribution in [2.45, 2.75) is 22.0 Å². The van der Waals surface area contributed by atoms with Crippen LogP contribution in [0.3, 0.4) is 0 Å². The maximum atomic E-state index is 12.4. The van der Waals surface area contributed by atoms with Crippen molar-refractivity contribution in [3.8, 4) is 0 Å². The van der Waals surface area contributed by atoms with Crippen molar-refractivity contribution in [1.82, 2.24) is 4.31 Å². The Morgan fingerprint density at radius 1 is 1.16 bits per heavy atom. The van der Waals surface area contributed by atoms with Gasteiger partial charge < -0.3 is 5.32 Å². The van der Waals surface area contributed by atoms with Crippen molar-refractivity contribution in [3.63, 3.8) is 0 Å². The maximum Gasteiger partial charge on any atom is 0.242 e. The second-order valence-electron chi connectivity index (χ2n) is 5.52. The van der Waals surface area contributed by atoms with E-state index in [0.29, 0.717) is 5.69 Å². The molecule has 25 heavy (non-hydrogen) atoms. The molecule has 1 unspecified atom stereocenters. The topological polar surface area (TPSA) is 66.5 Å². The van der Waals surface area contributed by atoms with Gasteiger partial charge in [-0.05, 0) is 49.4 Å². The molecule has 1 amide bonds. The van der Waals surface area contributed by atoms with Gasteiger partial charge in [-0.25, -0.2) is 12.7 Å². The van der Waals surface area contributed by atoms with Crippen LogP contribution in [0.1, 0.15) is 6.92 Å². The van der Waals surface area contributed by atoms with Crippen LogP contribution in [0.2, 0.25) is 0 Å². The molecule has 2 aromatic carbocycles. The second kappa shape index (κ2) is 8.35. The predicted octanol–water partition coefficient (Wildman–Crippen LogP) is 3.82. The number of thioether (sulfide) groups is 1. The Morgan fingerprint density at radius 3 is 2.40 bits per heavy atom. The number of amides is 1. The summed E-state index contributed by atoms with van der Waals surface area (Å²) in [4.78, 5) is 13.5. The largest absolute Gasteiger partial charge is 0.325 e. The molecular weight excluding hydrogens is 424 g/mol. The molecule has 134 valence electrons. The lowest BCUT2D eigenvalue weighted by Gasteiger charge is -2.14. The van der Waals surface area contributed by atoms with Gasteiger partial charge in [0.25, 0.3) is 0 Å². The highest BCUT2D eigenvalue weighted by molar-refractivity contribution is 9.10. The monoisotopic (exact) mass is 442 g/mol. The fraction of sp³-hybridized carbons (Fsp3) is 0.235. The lowest BCUT2D eigenvalue weighted by atomic mass is 10.3. The molecular formula is C17H19BrN2O3S2. The van der Waals surface area contributed by atoms with E-state index in [1.807, 2.05) is 31.2 Å². The summed E-state index contributed by atoms with van der Waals surface area (Å²) in [6.45, 7) is 1.81. The molecule has 0 heterocycles. The Balaban J connectivity index is 2.08. The highest BCUT2D eigenvalue weighted by atomic mass is 79.9. The summed E-state index contributed by atoms with van der Waals surface area (Å²) in [5.74, 6) is -0.188. The minimum absolute atomic E-state index is 0.142. The van der Waals surface area contributed by atoms with E-state index in [1.165, 1.54) is 38.0 Å². The molecule has 1 atom stereocenters. The Labute approximate surface area is 161 Å². The fourth-order valence-electron chi connectivity index (χ4n) is 1.96. The third-order valence-corrected chi connectivity index (χ3v) is 6.83. The number of rotatable bonds is 6. The van der Waals surface area contributed by atoms with Crippen LogP contribution in [0.4, 0.5) is 5.69 Å². The van der Waals surface area contributed by atoms with Gasteiger partial charge in [-0.2, -0.15) is 0 Å². The van der Waals surface area contributed by atoms with Crippen molar-refractivity contribution in [2.24, 2.45) is 0 Å². The molecule has 5 nitrogen and oxygen atoms in total. The maximum absolute atomic E-state index is 12.4. The number of nitrogens with zero attached hydrogens (tertiary/aromatic N) is 1. The van der Waals surface area contributed by atoms with Gasteiger partial charge in [0.2, 0.25) is 15.9 Å². The molecule has 0 fully saturated rings. The summed E-state index contributed by atoms with van der Waals surface area (Å²) in [7, 11) is -0.596. The van der Waals surface area contributed by atoms with Gasteiger partial charge >= 0.3 is 0 Å². The van der Waals surface area contributed by atoms with Gasteiger partial charge in [-0.3, -0.25) is 4.79 Å². The summed E-state index contributed by atoms with van der Waals surface area (Å²) >= 11 is 4.81. The summed E-state index contributed by atoms with van der Waals surface area (Å²) in [6.07, 6.45) is 0. The Hall–Kier alpha value is -1.35. The normalized spacial score (nSPS) is 12.8. The summed E-state index contributed by atoms with van der Waals surface area (Å²) in [5, 5.41) is 2.45. The molecule has 0 radical (unpaired) electrons. The van der Waals surface area contributed by atoms with E-state index < -0.39 is 10.0 Å². The van der Waals surface area contributed by atoms with Gasteiger partial charge in [-0.15, -0.1) is 11.8 Å². The third kappa shape index (κ3) is 5.31. The quantitative estimate of drug-likeness (QED) is 0.690. The number of sulfonamides is 1. The minimum Gasteiger partial charge on any atom is -0.325 e. The van der Waals surface area contributed by atoms with E-state index in [2.05, 4.69) is 21.2 Å². The van der Waals surface area contributed by atoms with Crippen molar-refractivity contribution in [1.29, 1.82) is 0 Å². The van der Waals surface area contributed by atoms with Crippen LogP contribution in [0, 0.1) is 0 Å². The molecule has 0 aliphatic rings. The third-order valence-electron chi connectivity index (χ3n) is 3.38. The zero-order chi connectivity index (χ0) is 18.6. The van der Waals surface area contributed by atoms with E-state index in [1.54, 1.807) is 12.1 Å². The van der Waals surface area contributed by atoms with Crippen molar-refractivity contribution >= 4 is 49.3 Å². The first kappa shape index (κ1) is 20.0. The smallest absolute Gasteiger partial charge is 0.242 e. The fourth-order valence-corrected chi connectivity index (χ4v) is 4.04. The van der Waals surface area contributed by atoms with E-state index >= 15 is 0 Å². The Bertz CT molecular complexity index is 852.